The van der Waals surface area contributed by atoms with Crippen LogP contribution in [-0.2, 0) is 14.3 Å². The van der Waals surface area contributed by atoms with E-state index >= 15 is 0 Å². The van der Waals surface area contributed by atoms with Crippen LogP contribution in [0.4, 0.5) is 0 Å². The third kappa shape index (κ3) is 2.58. The maximum atomic E-state index is 10.2. The number of isocyanates is 1. The van der Waals surface area contributed by atoms with Crippen LogP contribution in [0.15, 0.2) is 4.99 Å². The summed E-state index contributed by atoms with van der Waals surface area (Å²) in [6.07, 6.45) is -0.722. The van der Waals surface area contributed by atoms with E-state index < -0.39 is 12.2 Å². The van der Waals surface area contributed by atoms with Gasteiger partial charge in [0.25, 0.3) is 6.23 Å². The predicted octanol–water partition coefficient (Wildman–Crippen LogP) is -1.19. The topological polar surface area (TPSA) is 76.0 Å². The van der Waals surface area contributed by atoms with E-state index in [2.05, 4.69) is 9.73 Å². The Labute approximate surface area is 51.0 Å². The molecular weight excluding hydrogens is 126 g/mol. The van der Waals surface area contributed by atoms with Gasteiger partial charge < -0.3 is 9.84 Å². The Kier molecular flexibility index (Phi) is 3.27. The van der Waals surface area contributed by atoms with E-state index in [1.54, 1.807) is 0 Å². The molecule has 5 heteroatoms. The largest absolute Gasteiger partial charge is 0.466 e. The van der Waals surface area contributed by atoms with Crippen molar-refractivity contribution in [1.29, 1.82) is 0 Å². The summed E-state index contributed by atoms with van der Waals surface area (Å²) in [6.45, 7) is 0. The first-order valence-corrected chi connectivity index (χ1v) is 2.05. The molecule has 0 aliphatic rings. The molecule has 0 aromatic heterocycles. The summed E-state index contributed by atoms with van der Waals surface area (Å²) in [7, 11) is 1.08. The molecule has 9 heavy (non-hydrogen) atoms. The molecule has 0 aromatic carbocycles. The number of aliphatic hydroxyl groups is 1. The molecule has 5 nitrogen and oxygen atoms in total. The Morgan fingerprint density at radius 3 is 2.78 bits per heavy atom. The van der Waals surface area contributed by atoms with Crippen molar-refractivity contribution in [3.63, 3.8) is 0 Å². The number of esters is 1. The summed E-state index contributed by atoms with van der Waals surface area (Å²) in [5.41, 5.74) is 0. The summed E-state index contributed by atoms with van der Waals surface area (Å²) in [5, 5.41) is 8.41. The molecule has 0 spiro atoms. The number of ether oxygens (including phenoxy) is 1. The lowest BCUT2D eigenvalue weighted by Crippen LogP contribution is -2.18. The molecule has 0 rings (SSSR count). The molecule has 0 aromatic rings. The molecule has 0 saturated carbocycles. The van der Waals surface area contributed by atoms with Gasteiger partial charge in [-0.1, -0.05) is 0 Å². The van der Waals surface area contributed by atoms with Gasteiger partial charge in [0.05, 0.1) is 7.11 Å². The number of methoxy groups -OCH3 is 1. The fourth-order valence-corrected chi connectivity index (χ4v) is 0.208. The first-order valence-electron chi connectivity index (χ1n) is 2.05. The maximum Gasteiger partial charge on any atom is 0.358 e. The molecule has 50 valence electrons. The monoisotopic (exact) mass is 131 g/mol. The molecule has 1 atom stereocenters. The van der Waals surface area contributed by atoms with Gasteiger partial charge in [0, 0.05) is 0 Å². The molecule has 0 fully saturated rings. The Balaban J connectivity index is 3.87. The molecular formula is C4H5NO4. The molecule has 0 aliphatic carbocycles. The summed E-state index contributed by atoms with van der Waals surface area (Å²) in [6, 6.07) is 0. The second-order valence-corrected chi connectivity index (χ2v) is 1.12. The standard InChI is InChI=1S/C4H5NO4/c1-9-4(8)3(7)5-2-6/h3,7H,1H3. The van der Waals surface area contributed by atoms with Crippen molar-refractivity contribution >= 4 is 12.0 Å². The Bertz CT molecular complexity index is 149. The average Bonchev–Trinajstić information content (AvgIpc) is 1.87. The van der Waals surface area contributed by atoms with Gasteiger partial charge in [-0.25, -0.2) is 9.59 Å². The van der Waals surface area contributed by atoms with Crippen molar-refractivity contribution in [3.8, 4) is 0 Å². The summed E-state index contributed by atoms with van der Waals surface area (Å²) in [5.74, 6) is -0.974. The number of aliphatic imine (C=N–C) groups is 1. The molecule has 0 saturated heterocycles. The second kappa shape index (κ2) is 3.77. The molecule has 1 unspecified atom stereocenters. The summed E-state index contributed by atoms with van der Waals surface area (Å²) >= 11 is 0. The number of aliphatic hydroxyl groups excluding tert-OH is 1. The van der Waals surface area contributed by atoms with Crippen molar-refractivity contribution in [1.82, 2.24) is 0 Å². The highest BCUT2D eigenvalue weighted by Gasteiger charge is 2.11. The van der Waals surface area contributed by atoms with Gasteiger partial charge in [-0.2, -0.15) is 4.99 Å². The van der Waals surface area contributed by atoms with Crippen LogP contribution in [0, 0.1) is 0 Å². The average molecular weight is 131 g/mol. The second-order valence-electron chi connectivity index (χ2n) is 1.12. The molecule has 1 N–H and O–H groups in total. The van der Waals surface area contributed by atoms with Gasteiger partial charge >= 0.3 is 5.97 Å². The zero-order valence-corrected chi connectivity index (χ0v) is 4.70. The molecule has 0 radical (unpaired) electrons. The lowest BCUT2D eigenvalue weighted by atomic mass is 10.6. The Morgan fingerprint density at radius 1 is 1.89 bits per heavy atom. The molecule has 0 heterocycles. The van der Waals surface area contributed by atoms with E-state index in [9.17, 15) is 9.59 Å². The minimum Gasteiger partial charge on any atom is -0.466 e. The first-order chi connectivity index (χ1) is 4.22. The van der Waals surface area contributed by atoms with Crippen LogP contribution in [-0.4, -0.2) is 30.5 Å². The van der Waals surface area contributed by atoms with E-state index in [-0.39, 0.29) is 0 Å². The van der Waals surface area contributed by atoms with E-state index in [4.69, 9.17) is 5.11 Å². The Hall–Kier alpha value is -1.19. The van der Waals surface area contributed by atoms with Crippen LogP contribution in [0.25, 0.3) is 0 Å². The van der Waals surface area contributed by atoms with Gasteiger partial charge in [0.1, 0.15) is 0 Å². The normalized spacial score (nSPS) is 11.3. The van der Waals surface area contributed by atoms with Gasteiger partial charge in [0.2, 0.25) is 6.08 Å². The fourth-order valence-electron chi connectivity index (χ4n) is 0.208. The number of carbonyl (C=O) groups is 1. The van der Waals surface area contributed by atoms with Crippen LogP contribution < -0.4 is 0 Å². The van der Waals surface area contributed by atoms with Crippen molar-refractivity contribution in [3.05, 3.63) is 0 Å². The van der Waals surface area contributed by atoms with Crippen molar-refractivity contribution in [2.45, 2.75) is 6.23 Å². The molecule has 0 aliphatic heterocycles. The smallest absolute Gasteiger partial charge is 0.358 e. The van der Waals surface area contributed by atoms with Crippen LogP contribution in [0.1, 0.15) is 0 Å². The number of rotatable bonds is 2. The molecule has 0 bridgehead atoms. The van der Waals surface area contributed by atoms with Gasteiger partial charge in [-0.05, 0) is 0 Å². The van der Waals surface area contributed by atoms with Crippen molar-refractivity contribution in [2.24, 2.45) is 4.99 Å². The number of hydrogen-bond acceptors (Lipinski definition) is 5. The summed E-state index contributed by atoms with van der Waals surface area (Å²) in [4.78, 5) is 22.2. The van der Waals surface area contributed by atoms with Gasteiger partial charge in [-0.15, -0.1) is 0 Å². The lowest BCUT2D eigenvalue weighted by molar-refractivity contribution is -0.149. The lowest BCUT2D eigenvalue weighted by Gasteiger charge is -1.97. The fraction of sp³-hybridized carbons (Fsp3) is 0.500. The molecule has 0 amide bonds. The zero-order chi connectivity index (χ0) is 7.28. The van der Waals surface area contributed by atoms with E-state index in [1.165, 1.54) is 0 Å². The van der Waals surface area contributed by atoms with Crippen molar-refractivity contribution in [2.75, 3.05) is 7.11 Å². The highest BCUT2D eigenvalue weighted by atomic mass is 16.5. The highest BCUT2D eigenvalue weighted by molar-refractivity contribution is 5.74. The zero-order valence-electron chi connectivity index (χ0n) is 4.70. The van der Waals surface area contributed by atoms with Gasteiger partial charge in [0.15, 0.2) is 0 Å². The number of hydrogen-bond donors (Lipinski definition) is 1. The quantitative estimate of drug-likeness (QED) is 0.290. The number of nitrogens with zero attached hydrogens (tertiary/aromatic N) is 1. The van der Waals surface area contributed by atoms with E-state index in [0.29, 0.717) is 0 Å². The van der Waals surface area contributed by atoms with Gasteiger partial charge in [-0.3, -0.25) is 0 Å². The summed E-state index contributed by atoms with van der Waals surface area (Å²) < 4.78 is 4.00. The van der Waals surface area contributed by atoms with Crippen molar-refractivity contribution < 1.29 is 19.4 Å². The van der Waals surface area contributed by atoms with E-state index in [0.717, 1.165) is 13.2 Å². The van der Waals surface area contributed by atoms with Crippen LogP contribution >= 0.6 is 0 Å². The Morgan fingerprint density at radius 2 is 2.44 bits per heavy atom. The minimum absolute atomic E-state index is 0.974. The van der Waals surface area contributed by atoms with Crippen LogP contribution in [0.2, 0.25) is 0 Å². The first kappa shape index (κ1) is 7.81. The van der Waals surface area contributed by atoms with Crippen LogP contribution in [0.5, 0.6) is 0 Å². The number of carbonyl (C=O) groups excluding carboxylic acids is 2. The highest BCUT2D eigenvalue weighted by Crippen LogP contribution is 1.85. The third-order valence-electron chi connectivity index (χ3n) is 0.587. The predicted molar refractivity (Wildman–Crippen MR) is 26.1 cm³/mol. The van der Waals surface area contributed by atoms with E-state index in [1.807, 2.05) is 0 Å². The minimum atomic E-state index is -1.73. The SMILES string of the molecule is COC(=O)C(O)N=C=O. The third-order valence-corrected chi connectivity index (χ3v) is 0.587. The maximum absolute atomic E-state index is 10.2. The van der Waals surface area contributed by atoms with Crippen LogP contribution in [0.3, 0.4) is 0 Å².